The lowest BCUT2D eigenvalue weighted by atomic mass is 9.96. The van der Waals surface area contributed by atoms with Gasteiger partial charge in [0, 0.05) is 17.5 Å². The summed E-state index contributed by atoms with van der Waals surface area (Å²) in [4.78, 5) is 0. The molecule has 1 heterocycles. The molecule has 0 fully saturated rings. The quantitative estimate of drug-likeness (QED) is 0.710. The number of benzene rings is 1. The summed E-state index contributed by atoms with van der Waals surface area (Å²) in [5.74, 6) is 0. The third kappa shape index (κ3) is 2.23. The molecule has 2 aromatic rings. The largest absolute Gasteiger partial charge is 0.172 e. The molecule has 4 heteroatoms. The van der Waals surface area contributed by atoms with Crippen LogP contribution < -0.4 is 0 Å². The summed E-state index contributed by atoms with van der Waals surface area (Å²) in [6, 6.07) is 4.39. The lowest BCUT2D eigenvalue weighted by Crippen LogP contribution is -1.90. The Balaban J connectivity index is 1.82. The molecule has 0 unspecified atom stereocenters. The molecule has 2 aliphatic carbocycles. The smallest absolute Gasteiger partial charge is 0.112 e. The summed E-state index contributed by atoms with van der Waals surface area (Å²) >= 11 is 4.87. The second-order valence-corrected chi connectivity index (χ2v) is 7.03. The van der Waals surface area contributed by atoms with Gasteiger partial charge >= 0.3 is 0 Å². The maximum Gasteiger partial charge on any atom is 0.112 e. The minimum Gasteiger partial charge on any atom is -0.172 e. The zero-order chi connectivity index (χ0) is 14.4. The van der Waals surface area contributed by atoms with Crippen molar-refractivity contribution in [1.29, 1.82) is 0 Å². The van der Waals surface area contributed by atoms with Gasteiger partial charge in [0.05, 0.1) is 11.7 Å². The lowest BCUT2D eigenvalue weighted by molar-refractivity contribution is 1.26. The van der Waals surface area contributed by atoms with Crippen LogP contribution in [0.1, 0.15) is 30.9 Å². The van der Waals surface area contributed by atoms with Crippen molar-refractivity contribution in [2.45, 2.75) is 19.8 Å². The number of halogens is 1. The van der Waals surface area contributed by atoms with E-state index in [-0.39, 0.29) is 0 Å². The van der Waals surface area contributed by atoms with Crippen molar-refractivity contribution < 1.29 is 0 Å². The third-order valence-electron chi connectivity index (χ3n) is 3.97. The molecule has 0 amide bonds. The average molecular weight is 357 g/mol. The van der Waals surface area contributed by atoms with Gasteiger partial charge < -0.3 is 0 Å². The highest BCUT2D eigenvalue weighted by atomic mass is 79.9. The number of hydrogen-bond donors (Lipinski definition) is 0. The average Bonchev–Trinajstić information content (AvgIpc) is 3.18. The normalized spacial score (nSPS) is 17.8. The first-order valence-electron chi connectivity index (χ1n) is 6.90. The van der Waals surface area contributed by atoms with Crippen LogP contribution in [-0.2, 0) is 0 Å². The predicted octanol–water partition coefficient (Wildman–Crippen LogP) is 5.49. The molecule has 0 spiro atoms. The molecule has 0 saturated carbocycles. The molecule has 1 aromatic heterocycles. The molecule has 2 aliphatic rings. The van der Waals surface area contributed by atoms with Gasteiger partial charge in [-0.15, -0.1) is 0 Å². The topological polar surface area (TPSA) is 25.8 Å². The van der Waals surface area contributed by atoms with E-state index in [0.717, 1.165) is 23.9 Å². The van der Waals surface area contributed by atoms with E-state index in [2.05, 4.69) is 68.0 Å². The van der Waals surface area contributed by atoms with Crippen LogP contribution in [-0.4, -0.2) is 8.75 Å². The molecule has 1 aromatic carbocycles. The summed E-state index contributed by atoms with van der Waals surface area (Å²) < 4.78 is 10.3. The molecule has 0 radical (unpaired) electrons. The van der Waals surface area contributed by atoms with Crippen molar-refractivity contribution in [2.75, 3.05) is 0 Å². The molecule has 4 rings (SSSR count). The molecule has 21 heavy (non-hydrogen) atoms. The monoisotopic (exact) mass is 356 g/mol. The first-order valence-corrected chi connectivity index (χ1v) is 8.42. The highest BCUT2D eigenvalue weighted by molar-refractivity contribution is 9.11. The highest BCUT2D eigenvalue weighted by Crippen LogP contribution is 2.38. The van der Waals surface area contributed by atoms with Crippen molar-refractivity contribution >= 4 is 49.8 Å². The molecule has 0 saturated heterocycles. The Bertz CT molecular complexity index is 798. The maximum absolute atomic E-state index is 4.55. The predicted molar refractivity (Wildman–Crippen MR) is 93.4 cm³/mol. The Kier molecular flexibility index (Phi) is 3.16. The van der Waals surface area contributed by atoms with Gasteiger partial charge in [-0.2, -0.15) is 8.75 Å². The van der Waals surface area contributed by atoms with Gasteiger partial charge in [0.15, 0.2) is 0 Å². The van der Waals surface area contributed by atoms with Gasteiger partial charge in [0.2, 0.25) is 0 Å². The Labute approximate surface area is 136 Å². The van der Waals surface area contributed by atoms with E-state index in [9.17, 15) is 0 Å². The number of nitrogens with zero attached hydrogens (tertiary/aromatic N) is 2. The number of rotatable bonds is 2. The van der Waals surface area contributed by atoms with Gasteiger partial charge in [-0.05, 0) is 29.0 Å². The van der Waals surface area contributed by atoms with Gasteiger partial charge in [-0.1, -0.05) is 57.9 Å². The standard InChI is InChI=1S/C17H13BrN2S/c1-10-2-3-11(8-10)14-6-7-15(12-4-5-13(18)9-12)17-16(14)19-21-20-17/h2-7H,8-9H2,1H3. The van der Waals surface area contributed by atoms with Crippen LogP contribution in [0.2, 0.25) is 0 Å². The second kappa shape index (κ2) is 5.04. The third-order valence-corrected chi connectivity index (χ3v) is 5.04. The molecule has 0 atom stereocenters. The van der Waals surface area contributed by atoms with Crippen LogP contribution >= 0.6 is 27.7 Å². The number of hydrogen-bond acceptors (Lipinski definition) is 3. The zero-order valence-corrected chi connectivity index (χ0v) is 14.0. The molecule has 104 valence electrons. The van der Waals surface area contributed by atoms with E-state index in [4.69, 9.17) is 0 Å². The number of aromatic nitrogens is 2. The Morgan fingerprint density at radius 2 is 1.52 bits per heavy atom. The van der Waals surface area contributed by atoms with Crippen molar-refractivity contribution in [3.63, 3.8) is 0 Å². The molecule has 0 bridgehead atoms. The van der Waals surface area contributed by atoms with Crippen molar-refractivity contribution in [3.05, 3.63) is 57.6 Å². The first-order chi connectivity index (χ1) is 10.2. The molecular weight excluding hydrogens is 344 g/mol. The van der Waals surface area contributed by atoms with Crippen LogP contribution in [0.4, 0.5) is 0 Å². The SMILES string of the molecule is CC1=CC=C(c2ccc(C3=CC=C(Br)C3)c3nsnc23)C1. The first kappa shape index (κ1) is 13.2. The Morgan fingerprint density at radius 3 is 2.05 bits per heavy atom. The fourth-order valence-corrected chi connectivity index (χ4v) is 3.91. The summed E-state index contributed by atoms with van der Waals surface area (Å²) in [6.45, 7) is 2.17. The Morgan fingerprint density at radius 1 is 0.905 bits per heavy atom. The van der Waals surface area contributed by atoms with E-state index in [1.54, 1.807) is 0 Å². The van der Waals surface area contributed by atoms with E-state index in [1.807, 2.05) is 0 Å². The lowest BCUT2D eigenvalue weighted by Gasteiger charge is -2.08. The van der Waals surface area contributed by atoms with Gasteiger partial charge in [-0.25, -0.2) is 0 Å². The zero-order valence-electron chi connectivity index (χ0n) is 11.6. The minimum absolute atomic E-state index is 0.940. The van der Waals surface area contributed by atoms with E-state index >= 15 is 0 Å². The fourth-order valence-electron chi connectivity index (χ4n) is 2.91. The number of fused-ring (bicyclic) bond motifs is 1. The van der Waals surface area contributed by atoms with E-state index in [0.29, 0.717) is 0 Å². The van der Waals surface area contributed by atoms with Crippen molar-refractivity contribution in [1.82, 2.24) is 8.75 Å². The molecular formula is C17H13BrN2S. The van der Waals surface area contributed by atoms with Crippen molar-refractivity contribution in [2.24, 2.45) is 0 Å². The summed E-state index contributed by atoms with van der Waals surface area (Å²) in [5.41, 5.74) is 8.55. The minimum atomic E-state index is 0.940. The van der Waals surface area contributed by atoms with Crippen molar-refractivity contribution in [3.8, 4) is 0 Å². The van der Waals surface area contributed by atoms with Crippen LogP contribution in [0, 0.1) is 0 Å². The fraction of sp³-hybridized carbons (Fsp3) is 0.176. The van der Waals surface area contributed by atoms with Gasteiger partial charge in [-0.3, -0.25) is 0 Å². The Hall–Kier alpha value is -1.52. The highest BCUT2D eigenvalue weighted by Gasteiger charge is 2.18. The van der Waals surface area contributed by atoms with Crippen LogP contribution in [0.3, 0.4) is 0 Å². The summed E-state index contributed by atoms with van der Waals surface area (Å²) in [5, 5.41) is 0. The second-order valence-electron chi connectivity index (χ2n) is 5.49. The maximum atomic E-state index is 4.55. The summed E-state index contributed by atoms with van der Waals surface area (Å²) in [6.07, 6.45) is 10.6. The van der Waals surface area contributed by atoms with Gasteiger partial charge in [0.25, 0.3) is 0 Å². The van der Waals surface area contributed by atoms with Crippen LogP contribution in [0.5, 0.6) is 0 Å². The van der Waals surface area contributed by atoms with E-state index < -0.39 is 0 Å². The number of allylic oxidation sites excluding steroid dienone is 8. The van der Waals surface area contributed by atoms with E-state index in [1.165, 1.54) is 44.1 Å². The van der Waals surface area contributed by atoms with Crippen LogP contribution in [0.25, 0.3) is 22.2 Å². The molecule has 2 nitrogen and oxygen atoms in total. The molecule has 0 N–H and O–H groups in total. The van der Waals surface area contributed by atoms with Crippen LogP contribution in [0.15, 0.2) is 46.5 Å². The summed E-state index contributed by atoms with van der Waals surface area (Å²) in [7, 11) is 0. The molecule has 0 aliphatic heterocycles. The van der Waals surface area contributed by atoms with Gasteiger partial charge in [0.1, 0.15) is 11.0 Å².